The molecule has 0 radical (unpaired) electrons. The number of aromatic nitrogens is 1. The molecule has 5 aromatic rings. The molecule has 70 heavy (non-hydrogen) atoms. The lowest BCUT2D eigenvalue weighted by Gasteiger charge is -2.36. The predicted octanol–water partition coefficient (Wildman–Crippen LogP) is 4.56. The van der Waals surface area contributed by atoms with Crippen LogP contribution in [-0.4, -0.2) is 119 Å². The van der Waals surface area contributed by atoms with Crippen molar-refractivity contribution >= 4 is 69.2 Å². The highest BCUT2D eigenvalue weighted by atomic mass is 32.1. The molecule has 8 rings (SSSR count). The molecule has 3 aliphatic rings. The third-order valence-electron chi connectivity index (χ3n) is 11.5. The monoisotopic (exact) mass is 978 g/mol. The number of amides is 4. The lowest BCUT2D eigenvalue weighted by Crippen LogP contribution is -2.43. The number of fused-ring (bicyclic) bond motifs is 7. The molecule has 19 nitrogen and oxygen atoms in total. The molecule has 1 unspecified atom stereocenters. The molecule has 4 aromatic carbocycles. The number of nitriles is 1. The fourth-order valence-corrected chi connectivity index (χ4v) is 8.55. The standard InChI is InChI=1S/C48H44F2N8O11S/c49-47(50)23-28(24-51)58(26-47)42(63)25-55-44(64)32-12-13-53-43-31(32)2-1-3-37(43)57-41(62)11-10-40(61)52-14-16-66-18-19-67-17-15-54-46(70)56-27-4-7-34-33(20-27)45(65)69-48(34)35-8-5-29(59)21-38(35)68-39-22-30(60)6-9-36(39)48/h1-9,12-13,20-22,28,59-60H,10-11,14-19,23,25-26H2,(H,52,61)(H,55,64)(H,57,62)(H2,54,56,70). The van der Waals surface area contributed by atoms with Crippen molar-refractivity contribution in [2.45, 2.75) is 36.8 Å². The van der Waals surface area contributed by atoms with Crippen molar-refractivity contribution in [1.82, 2.24) is 25.8 Å². The number of likely N-dealkylation sites (tertiary alicyclic amines) is 1. The lowest BCUT2D eigenvalue weighted by atomic mass is 9.77. The van der Waals surface area contributed by atoms with E-state index in [1.54, 1.807) is 54.6 Å². The molecule has 0 aliphatic carbocycles. The first-order valence-corrected chi connectivity index (χ1v) is 22.3. The molecule has 1 aromatic heterocycles. The van der Waals surface area contributed by atoms with Crippen LogP contribution in [0, 0.1) is 11.3 Å². The first-order valence-electron chi connectivity index (χ1n) is 21.9. The number of rotatable bonds is 17. The Morgan fingerprint density at radius 3 is 2.21 bits per heavy atom. The summed E-state index contributed by atoms with van der Waals surface area (Å²) in [5, 5.41) is 44.0. The molecule has 0 saturated carbocycles. The summed E-state index contributed by atoms with van der Waals surface area (Å²) in [6.07, 6.45) is 0.287. The van der Waals surface area contributed by atoms with Gasteiger partial charge in [-0.2, -0.15) is 5.26 Å². The van der Waals surface area contributed by atoms with Gasteiger partial charge in [0.2, 0.25) is 17.7 Å². The minimum absolute atomic E-state index is 0.0427. The van der Waals surface area contributed by atoms with Gasteiger partial charge in [-0.3, -0.25) is 24.2 Å². The van der Waals surface area contributed by atoms with Gasteiger partial charge in [0.25, 0.3) is 11.8 Å². The van der Waals surface area contributed by atoms with E-state index in [9.17, 15) is 48.2 Å². The number of benzene rings is 4. The molecule has 1 fully saturated rings. The van der Waals surface area contributed by atoms with Crippen LogP contribution in [0.1, 0.15) is 56.7 Å². The number of thiocarbonyl (C=S) groups is 1. The first-order chi connectivity index (χ1) is 33.6. The molecule has 0 bridgehead atoms. The third-order valence-corrected chi connectivity index (χ3v) is 11.8. The topological polar surface area (TPSA) is 263 Å². The molecule has 1 spiro atoms. The number of hydrogen-bond acceptors (Lipinski definition) is 14. The number of hydrogen-bond donors (Lipinski definition) is 7. The number of carbonyl (C=O) groups excluding carboxylic acids is 5. The normalized spacial score (nSPS) is 15.6. The maximum atomic E-state index is 13.8. The number of halogens is 2. The van der Waals surface area contributed by atoms with E-state index in [-0.39, 0.29) is 90.0 Å². The Morgan fingerprint density at radius 1 is 0.843 bits per heavy atom. The summed E-state index contributed by atoms with van der Waals surface area (Å²) in [6.45, 7) is 0.0437. The average molecular weight is 979 g/mol. The van der Waals surface area contributed by atoms with Crippen molar-refractivity contribution in [2.75, 3.05) is 63.2 Å². The number of aromatic hydroxyl groups is 2. The number of nitrogens with one attached hydrogen (secondary N) is 5. The molecule has 362 valence electrons. The Morgan fingerprint density at radius 2 is 1.51 bits per heavy atom. The van der Waals surface area contributed by atoms with E-state index in [0.29, 0.717) is 46.5 Å². The fourth-order valence-electron chi connectivity index (χ4n) is 8.33. The summed E-state index contributed by atoms with van der Waals surface area (Å²) in [4.78, 5) is 69.3. The lowest BCUT2D eigenvalue weighted by molar-refractivity contribution is -0.131. The summed E-state index contributed by atoms with van der Waals surface area (Å²) < 4.78 is 50.8. The van der Waals surface area contributed by atoms with Crippen LogP contribution in [0.2, 0.25) is 0 Å². The van der Waals surface area contributed by atoms with E-state index >= 15 is 0 Å². The highest BCUT2D eigenvalue weighted by Gasteiger charge is 2.54. The molecular weight excluding hydrogens is 935 g/mol. The number of carbonyl (C=O) groups is 5. The molecule has 3 aliphatic heterocycles. The van der Waals surface area contributed by atoms with Gasteiger partial charge in [0.05, 0.1) is 67.9 Å². The van der Waals surface area contributed by atoms with Crippen molar-refractivity contribution < 1.29 is 61.9 Å². The van der Waals surface area contributed by atoms with Crippen molar-refractivity contribution in [1.29, 1.82) is 5.26 Å². The second-order valence-corrected chi connectivity index (χ2v) is 16.7. The van der Waals surface area contributed by atoms with Crippen LogP contribution < -0.4 is 31.3 Å². The molecule has 4 heterocycles. The van der Waals surface area contributed by atoms with Crippen molar-refractivity contribution in [3.8, 4) is 29.1 Å². The minimum atomic E-state index is -3.19. The first kappa shape index (κ1) is 48.5. The van der Waals surface area contributed by atoms with Crippen LogP contribution in [0.5, 0.6) is 23.0 Å². The van der Waals surface area contributed by atoms with E-state index in [4.69, 9.17) is 31.2 Å². The number of anilines is 2. The van der Waals surface area contributed by atoms with E-state index in [1.807, 2.05) is 0 Å². The van der Waals surface area contributed by atoms with Crippen LogP contribution in [0.4, 0.5) is 20.2 Å². The SMILES string of the molecule is N#CC1CC(F)(F)CN1C(=O)CNC(=O)c1ccnc2c(NC(=O)CCC(=O)NCCOCCOCCNC(=S)Nc3ccc4c(c3)C(=O)OC43c4ccc(O)cc4Oc4cc(O)ccc43)cccc12. The van der Waals surface area contributed by atoms with Gasteiger partial charge in [0.15, 0.2) is 10.7 Å². The fraction of sp³-hybridized carbons (Fsp3) is 0.292. The predicted molar refractivity (Wildman–Crippen MR) is 250 cm³/mol. The zero-order valence-electron chi connectivity index (χ0n) is 37.0. The highest BCUT2D eigenvalue weighted by molar-refractivity contribution is 7.80. The number of phenolic OH excluding ortho intramolecular Hbond substituents is 2. The molecule has 4 amide bonds. The molecule has 1 saturated heterocycles. The number of ether oxygens (including phenoxy) is 4. The maximum absolute atomic E-state index is 13.8. The van der Waals surface area contributed by atoms with Crippen LogP contribution >= 0.6 is 12.2 Å². The summed E-state index contributed by atoms with van der Waals surface area (Å²) in [5.74, 6) is -5.68. The second kappa shape index (κ2) is 20.7. The van der Waals surface area contributed by atoms with E-state index in [1.165, 1.54) is 36.5 Å². The number of pyridine rings is 1. The Bertz CT molecular complexity index is 2900. The van der Waals surface area contributed by atoms with Gasteiger partial charge in [-0.25, -0.2) is 13.6 Å². The molecular formula is C48H44F2N8O11S. The number of esters is 1. The zero-order chi connectivity index (χ0) is 49.6. The second-order valence-electron chi connectivity index (χ2n) is 16.3. The highest BCUT2D eigenvalue weighted by Crippen LogP contribution is 2.57. The summed E-state index contributed by atoms with van der Waals surface area (Å²) in [6, 6.07) is 20.7. The Hall–Kier alpha value is -8.00. The smallest absolute Gasteiger partial charge is 0.340 e. The van der Waals surface area contributed by atoms with Crippen molar-refractivity contribution in [2.24, 2.45) is 0 Å². The molecule has 22 heteroatoms. The maximum Gasteiger partial charge on any atom is 0.340 e. The summed E-state index contributed by atoms with van der Waals surface area (Å²) in [5.41, 5.74) is 1.67. The average Bonchev–Trinajstić information content (AvgIpc) is 3.81. The van der Waals surface area contributed by atoms with Crippen LogP contribution in [0.15, 0.2) is 85.1 Å². The zero-order valence-corrected chi connectivity index (χ0v) is 37.8. The van der Waals surface area contributed by atoms with Crippen molar-refractivity contribution in [3.63, 3.8) is 0 Å². The Kier molecular flexibility index (Phi) is 14.3. The minimum Gasteiger partial charge on any atom is -0.508 e. The van der Waals surface area contributed by atoms with Gasteiger partial charge in [-0.15, -0.1) is 0 Å². The van der Waals surface area contributed by atoms with E-state index in [0.717, 1.165) is 4.90 Å². The van der Waals surface area contributed by atoms with Gasteiger partial charge in [0.1, 0.15) is 29.0 Å². The number of para-hydroxylation sites is 1. The van der Waals surface area contributed by atoms with E-state index < -0.39 is 60.8 Å². The molecule has 1 atom stereocenters. The van der Waals surface area contributed by atoms with Crippen LogP contribution in [-0.2, 0) is 34.2 Å². The largest absolute Gasteiger partial charge is 0.508 e. The summed E-state index contributed by atoms with van der Waals surface area (Å²) >= 11 is 5.45. The number of alkyl halides is 2. The summed E-state index contributed by atoms with van der Waals surface area (Å²) in [7, 11) is 0. The van der Waals surface area contributed by atoms with Gasteiger partial charge in [-0.1, -0.05) is 18.2 Å². The number of nitrogens with zero attached hydrogens (tertiary/aromatic N) is 3. The quantitative estimate of drug-likeness (QED) is 0.0383. The van der Waals surface area contributed by atoms with Gasteiger partial charge in [0, 0.05) is 78.4 Å². The van der Waals surface area contributed by atoms with Gasteiger partial charge >= 0.3 is 5.97 Å². The van der Waals surface area contributed by atoms with E-state index in [2.05, 4.69) is 31.6 Å². The van der Waals surface area contributed by atoms with Crippen molar-refractivity contribution in [3.05, 3.63) is 113 Å². The van der Waals surface area contributed by atoms with Crippen LogP contribution in [0.3, 0.4) is 0 Å². The van der Waals surface area contributed by atoms with Gasteiger partial charge < -0.3 is 60.6 Å². The van der Waals surface area contributed by atoms with Crippen LogP contribution in [0.25, 0.3) is 10.9 Å². The molecule has 7 N–H and O–H groups in total. The number of phenols is 2. The Balaban J connectivity index is 0.703. The third kappa shape index (κ3) is 10.5. The van der Waals surface area contributed by atoms with Gasteiger partial charge in [-0.05, 0) is 60.7 Å². The Labute approximate surface area is 403 Å².